The largest absolute Gasteiger partial charge is 0.321 e. The number of amides is 1. The molecule has 1 radical (unpaired) electrons. The van der Waals surface area contributed by atoms with Crippen molar-refractivity contribution < 1.29 is 42.0 Å². The van der Waals surface area contributed by atoms with Gasteiger partial charge in [-0.1, -0.05) is 30.3 Å². The van der Waals surface area contributed by atoms with Gasteiger partial charge >= 0.3 is 0 Å². The van der Waals surface area contributed by atoms with Crippen molar-refractivity contribution in [2.24, 2.45) is 0 Å². The van der Waals surface area contributed by atoms with E-state index in [1.807, 2.05) is 32.0 Å². The topological polar surface area (TPSA) is 52.9 Å². The minimum absolute atomic E-state index is 0. The minimum Gasteiger partial charge on any atom is -0.321 e. The Morgan fingerprint density at radius 2 is 1.70 bits per heavy atom. The van der Waals surface area contributed by atoms with Crippen molar-refractivity contribution in [1.29, 1.82) is 5.26 Å². The van der Waals surface area contributed by atoms with Crippen LogP contribution < -0.4 is 5.32 Å². The van der Waals surface area contributed by atoms with Crippen LogP contribution in [0.2, 0.25) is 0 Å². The van der Waals surface area contributed by atoms with Crippen LogP contribution in [0.3, 0.4) is 0 Å². The Labute approximate surface area is 187 Å². The molecule has 5 heteroatoms. The van der Waals surface area contributed by atoms with Crippen molar-refractivity contribution in [3.05, 3.63) is 64.7 Å². The number of hydrogen-bond donors (Lipinski definition) is 1. The molecule has 1 aliphatic rings. The summed E-state index contributed by atoms with van der Waals surface area (Å²) in [5.41, 5.74) is 4.63. The fourth-order valence-corrected chi connectivity index (χ4v) is 4.06. The molecule has 2 aromatic carbocycles. The predicted molar refractivity (Wildman–Crippen MR) is 104 cm³/mol. The Kier molecular flexibility index (Phi) is 7.73. The monoisotopic (exact) mass is 437 g/mol. The molecule has 0 aromatic heterocycles. The molecule has 1 saturated heterocycles. The average molecular weight is 437 g/mol. The molecule has 1 heterocycles. The van der Waals surface area contributed by atoms with Crippen molar-refractivity contribution in [2.45, 2.75) is 33.2 Å². The van der Waals surface area contributed by atoms with Crippen LogP contribution >= 0.6 is 0 Å². The zero-order valence-corrected chi connectivity index (χ0v) is 19.0. The Morgan fingerprint density at radius 3 is 2.26 bits per heavy atom. The van der Waals surface area contributed by atoms with Crippen LogP contribution in [0, 0.1) is 25.2 Å². The second kappa shape index (κ2) is 9.60. The third kappa shape index (κ3) is 5.48. The Balaban J connectivity index is 0.00000261. The Morgan fingerprint density at radius 1 is 1.11 bits per heavy atom. The maximum atomic E-state index is 12.8. The zero-order valence-electron chi connectivity index (χ0n) is 16.2. The first-order chi connectivity index (χ1) is 12.5. The van der Waals surface area contributed by atoms with Crippen LogP contribution in [0.1, 0.15) is 35.1 Å². The van der Waals surface area contributed by atoms with Crippen molar-refractivity contribution in [3.63, 3.8) is 0 Å². The maximum Gasteiger partial charge on any atom is 0.279 e. The number of nitrogens with one attached hydrogen (secondary N) is 1. The summed E-state index contributed by atoms with van der Waals surface area (Å²) < 4.78 is 0.824. The van der Waals surface area contributed by atoms with E-state index >= 15 is 0 Å². The van der Waals surface area contributed by atoms with Gasteiger partial charge in [-0.3, -0.25) is 4.79 Å². The first-order valence-electron chi connectivity index (χ1n) is 9.22. The zero-order chi connectivity index (χ0) is 18.6. The first kappa shape index (κ1) is 21.8. The van der Waals surface area contributed by atoms with Gasteiger partial charge < -0.3 is 9.80 Å². The molecule has 1 aliphatic heterocycles. The quantitative estimate of drug-likeness (QED) is 0.721. The summed E-state index contributed by atoms with van der Waals surface area (Å²) in [7, 11) is 0. The number of anilines is 1. The number of quaternary nitrogens is 1. The summed E-state index contributed by atoms with van der Waals surface area (Å²) in [6.45, 7) is 7.37. The smallest absolute Gasteiger partial charge is 0.279 e. The van der Waals surface area contributed by atoms with E-state index in [-0.39, 0.29) is 38.6 Å². The number of rotatable bonds is 5. The van der Waals surface area contributed by atoms with E-state index in [1.165, 1.54) is 18.4 Å². The molecule has 0 atom stereocenters. The normalized spacial score (nSPS) is 14.9. The molecule has 1 N–H and O–H groups in total. The van der Waals surface area contributed by atoms with E-state index in [0.29, 0.717) is 12.1 Å². The molecule has 1 amide bonds. The Hall–Kier alpha value is -1.54. The molecule has 0 saturated carbocycles. The van der Waals surface area contributed by atoms with Gasteiger partial charge in [-0.25, -0.2) is 0 Å². The standard InChI is InChI=1S/C22H25N3O.Y/c1-17-12-20(14-23)13-18(2)22(17)24-21(26)16-25(10-6-7-11-25)15-19-8-4-3-5-9-19;/h3-5,8-9,12-13H,6-7,10-11,15-16H2,1-2H3;/p+1. The number of benzene rings is 2. The summed E-state index contributed by atoms with van der Waals surface area (Å²) in [5, 5.41) is 12.2. The number of nitrogens with zero attached hydrogens (tertiary/aromatic N) is 2. The van der Waals surface area contributed by atoms with Crippen LogP contribution in [0.25, 0.3) is 0 Å². The van der Waals surface area contributed by atoms with Crippen molar-refractivity contribution in [2.75, 3.05) is 25.0 Å². The number of carbonyl (C=O) groups is 1. The Bertz CT molecular complexity index is 813. The number of hydrogen-bond acceptors (Lipinski definition) is 2. The number of likely N-dealkylation sites (tertiary alicyclic amines) is 1. The number of carbonyl (C=O) groups excluding carboxylic acids is 1. The number of aryl methyl sites for hydroxylation is 2. The maximum absolute atomic E-state index is 12.8. The van der Waals surface area contributed by atoms with Gasteiger partial charge in [0.05, 0.1) is 24.7 Å². The second-order valence-electron chi connectivity index (χ2n) is 7.44. The van der Waals surface area contributed by atoms with Gasteiger partial charge in [0, 0.05) is 56.8 Å². The van der Waals surface area contributed by atoms with Crippen molar-refractivity contribution in [1.82, 2.24) is 0 Å². The third-order valence-corrected chi connectivity index (χ3v) is 5.28. The predicted octanol–water partition coefficient (Wildman–Crippen LogP) is 3.92. The van der Waals surface area contributed by atoms with E-state index < -0.39 is 0 Å². The van der Waals surface area contributed by atoms with Gasteiger partial charge in [0.25, 0.3) is 5.91 Å². The molecule has 3 rings (SSSR count). The van der Waals surface area contributed by atoms with Crippen LogP contribution in [0.15, 0.2) is 42.5 Å². The first-order valence-corrected chi connectivity index (χ1v) is 9.22. The van der Waals surface area contributed by atoms with Crippen LogP contribution in [-0.4, -0.2) is 30.0 Å². The molecular formula is C22H26N3OY+. The fraction of sp³-hybridized carbons (Fsp3) is 0.364. The van der Waals surface area contributed by atoms with Gasteiger partial charge in [-0.05, 0) is 37.1 Å². The number of nitriles is 1. The van der Waals surface area contributed by atoms with Gasteiger partial charge in [0.1, 0.15) is 6.54 Å². The summed E-state index contributed by atoms with van der Waals surface area (Å²) in [6, 6.07) is 16.3. The van der Waals surface area contributed by atoms with Gasteiger partial charge in [0.15, 0.2) is 6.54 Å². The van der Waals surface area contributed by atoms with Crippen molar-refractivity contribution in [3.8, 4) is 6.07 Å². The molecule has 0 spiro atoms. The summed E-state index contributed by atoms with van der Waals surface area (Å²) in [5.74, 6) is 0.0544. The van der Waals surface area contributed by atoms with Crippen LogP contribution in [0.5, 0.6) is 0 Å². The van der Waals surface area contributed by atoms with E-state index in [9.17, 15) is 4.79 Å². The SMILES string of the molecule is Cc1cc(C#N)cc(C)c1NC(=O)C[N+]1(Cc2ccccc2)CCCC1.[Y]. The van der Waals surface area contributed by atoms with Gasteiger partial charge in [0.2, 0.25) is 0 Å². The summed E-state index contributed by atoms with van der Waals surface area (Å²) in [4.78, 5) is 12.8. The van der Waals surface area contributed by atoms with Crippen LogP contribution in [-0.2, 0) is 44.0 Å². The van der Waals surface area contributed by atoms with E-state index in [2.05, 4.69) is 35.7 Å². The molecule has 0 aliphatic carbocycles. The molecule has 4 nitrogen and oxygen atoms in total. The average Bonchev–Trinajstić information content (AvgIpc) is 3.06. The van der Waals surface area contributed by atoms with Crippen LogP contribution in [0.4, 0.5) is 5.69 Å². The molecule has 2 aromatic rings. The minimum atomic E-state index is 0. The van der Waals surface area contributed by atoms with E-state index in [4.69, 9.17) is 5.26 Å². The summed E-state index contributed by atoms with van der Waals surface area (Å²) in [6.07, 6.45) is 2.35. The summed E-state index contributed by atoms with van der Waals surface area (Å²) >= 11 is 0. The van der Waals surface area contributed by atoms with E-state index in [0.717, 1.165) is 40.9 Å². The molecule has 137 valence electrons. The molecular weight excluding hydrogens is 411 g/mol. The second-order valence-corrected chi connectivity index (χ2v) is 7.44. The third-order valence-electron chi connectivity index (χ3n) is 5.28. The molecule has 1 fully saturated rings. The van der Waals surface area contributed by atoms with Gasteiger partial charge in [-0.2, -0.15) is 5.26 Å². The molecule has 0 unspecified atom stereocenters. The van der Waals surface area contributed by atoms with Crippen molar-refractivity contribution >= 4 is 11.6 Å². The fourth-order valence-electron chi connectivity index (χ4n) is 4.06. The molecule has 0 bridgehead atoms. The van der Waals surface area contributed by atoms with Gasteiger partial charge in [-0.15, -0.1) is 0 Å². The molecule has 27 heavy (non-hydrogen) atoms. The van der Waals surface area contributed by atoms with E-state index in [1.54, 1.807) is 0 Å².